The van der Waals surface area contributed by atoms with Gasteiger partial charge in [0.15, 0.2) is 0 Å². The standard InChI is InChI=1S/C15H20N2O3/c1-3-9-20-11-5-6-13-12(10-11)16-14(17(13)4-2)7-8-15(18)19/h5-6,10H,3-4,7-9H2,1-2H3,(H,18,19). The van der Waals surface area contributed by atoms with Crippen LogP contribution in [0.3, 0.4) is 0 Å². The number of nitrogens with zero attached hydrogens (tertiary/aromatic N) is 2. The van der Waals surface area contributed by atoms with Crippen LogP contribution in [0.25, 0.3) is 11.0 Å². The van der Waals surface area contributed by atoms with Gasteiger partial charge >= 0.3 is 5.97 Å². The number of fused-ring (bicyclic) bond motifs is 1. The van der Waals surface area contributed by atoms with Crippen LogP contribution in [0, 0.1) is 0 Å². The maximum atomic E-state index is 10.7. The van der Waals surface area contributed by atoms with Gasteiger partial charge in [-0.15, -0.1) is 0 Å². The number of benzene rings is 1. The van der Waals surface area contributed by atoms with Gasteiger partial charge in [-0.05, 0) is 25.5 Å². The van der Waals surface area contributed by atoms with Crippen molar-refractivity contribution in [2.75, 3.05) is 6.61 Å². The maximum absolute atomic E-state index is 10.7. The van der Waals surface area contributed by atoms with Gasteiger partial charge in [0.2, 0.25) is 0 Å². The first kappa shape index (κ1) is 14.4. The summed E-state index contributed by atoms with van der Waals surface area (Å²) < 4.78 is 7.66. The van der Waals surface area contributed by atoms with Crippen LogP contribution >= 0.6 is 0 Å². The van der Waals surface area contributed by atoms with Crippen LogP contribution in [0.1, 0.15) is 32.5 Å². The van der Waals surface area contributed by atoms with Gasteiger partial charge in [0, 0.05) is 19.0 Å². The summed E-state index contributed by atoms with van der Waals surface area (Å²) in [5.74, 6) is 0.828. The third-order valence-corrected chi connectivity index (χ3v) is 3.15. The molecular weight excluding hydrogens is 256 g/mol. The lowest BCUT2D eigenvalue weighted by Gasteiger charge is -2.06. The fourth-order valence-corrected chi connectivity index (χ4v) is 2.23. The molecule has 108 valence electrons. The fraction of sp³-hybridized carbons (Fsp3) is 0.467. The smallest absolute Gasteiger partial charge is 0.303 e. The predicted octanol–water partition coefficient (Wildman–Crippen LogP) is 2.86. The van der Waals surface area contributed by atoms with E-state index in [0.717, 1.165) is 35.6 Å². The number of carbonyl (C=O) groups is 1. The molecule has 0 fully saturated rings. The molecule has 0 atom stereocenters. The molecule has 0 aliphatic heterocycles. The third-order valence-electron chi connectivity index (χ3n) is 3.15. The van der Waals surface area contributed by atoms with Gasteiger partial charge in [0.05, 0.1) is 24.1 Å². The van der Waals surface area contributed by atoms with Gasteiger partial charge < -0.3 is 14.4 Å². The predicted molar refractivity (Wildman–Crippen MR) is 77.1 cm³/mol. The average molecular weight is 276 g/mol. The van der Waals surface area contributed by atoms with Gasteiger partial charge in [0.25, 0.3) is 0 Å². The minimum atomic E-state index is -0.799. The molecule has 0 spiro atoms. The summed E-state index contributed by atoms with van der Waals surface area (Å²) in [6.07, 6.45) is 1.51. The molecule has 0 saturated heterocycles. The average Bonchev–Trinajstić information content (AvgIpc) is 2.79. The number of ether oxygens (including phenoxy) is 1. The topological polar surface area (TPSA) is 64.3 Å². The number of rotatable bonds is 7. The summed E-state index contributed by atoms with van der Waals surface area (Å²) in [5, 5.41) is 8.80. The Bertz CT molecular complexity index is 604. The van der Waals surface area contributed by atoms with E-state index in [1.54, 1.807) is 0 Å². The number of aliphatic carboxylic acids is 1. The molecule has 1 heterocycles. The first-order valence-electron chi connectivity index (χ1n) is 6.99. The number of aryl methyl sites for hydroxylation is 2. The van der Waals surface area contributed by atoms with Crippen LogP contribution in [0.4, 0.5) is 0 Å². The summed E-state index contributed by atoms with van der Waals surface area (Å²) in [7, 11) is 0. The van der Waals surface area contributed by atoms with Crippen LogP contribution < -0.4 is 4.74 Å². The van der Waals surface area contributed by atoms with E-state index in [9.17, 15) is 4.79 Å². The number of aromatic nitrogens is 2. The Morgan fingerprint density at radius 1 is 1.40 bits per heavy atom. The monoisotopic (exact) mass is 276 g/mol. The van der Waals surface area contributed by atoms with Crippen LogP contribution in [0.15, 0.2) is 18.2 Å². The van der Waals surface area contributed by atoms with E-state index in [1.165, 1.54) is 0 Å². The number of carboxylic acids is 1. The van der Waals surface area contributed by atoms with Gasteiger partial charge in [-0.3, -0.25) is 4.79 Å². The van der Waals surface area contributed by atoms with Gasteiger partial charge in [-0.2, -0.15) is 0 Å². The van der Waals surface area contributed by atoms with Crippen molar-refractivity contribution in [1.29, 1.82) is 0 Å². The Hall–Kier alpha value is -2.04. The molecule has 5 heteroatoms. The Kier molecular flexibility index (Phi) is 4.61. The zero-order valence-corrected chi connectivity index (χ0v) is 11.9. The van der Waals surface area contributed by atoms with Crippen molar-refractivity contribution in [2.24, 2.45) is 0 Å². The highest BCUT2D eigenvalue weighted by molar-refractivity contribution is 5.78. The van der Waals surface area contributed by atoms with Crippen molar-refractivity contribution in [2.45, 2.75) is 39.7 Å². The van der Waals surface area contributed by atoms with E-state index < -0.39 is 5.97 Å². The summed E-state index contributed by atoms with van der Waals surface area (Å²) in [4.78, 5) is 15.2. The Balaban J connectivity index is 2.31. The molecule has 2 rings (SSSR count). The molecule has 0 unspecified atom stereocenters. The molecule has 0 aliphatic carbocycles. The summed E-state index contributed by atoms with van der Waals surface area (Å²) in [6.45, 7) is 5.56. The first-order chi connectivity index (χ1) is 9.65. The van der Waals surface area contributed by atoms with Crippen molar-refractivity contribution < 1.29 is 14.6 Å². The molecule has 0 radical (unpaired) electrons. The van der Waals surface area contributed by atoms with Gasteiger partial charge in [-0.25, -0.2) is 4.98 Å². The molecule has 5 nitrogen and oxygen atoms in total. The first-order valence-corrected chi connectivity index (χ1v) is 6.99. The lowest BCUT2D eigenvalue weighted by Crippen LogP contribution is -2.05. The highest BCUT2D eigenvalue weighted by atomic mass is 16.5. The van der Waals surface area contributed by atoms with Crippen molar-refractivity contribution in [3.05, 3.63) is 24.0 Å². The second-order valence-corrected chi connectivity index (χ2v) is 4.67. The number of carboxylic acid groups (broad SMARTS) is 1. The lowest BCUT2D eigenvalue weighted by molar-refractivity contribution is -0.137. The molecule has 1 aromatic heterocycles. The fourth-order valence-electron chi connectivity index (χ4n) is 2.23. The molecule has 2 aromatic rings. The lowest BCUT2D eigenvalue weighted by atomic mass is 10.3. The van der Waals surface area contributed by atoms with Gasteiger partial charge in [0.1, 0.15) is 11.6 Å². The molecule has 0 bridgehead atoms. The molecule has 0 aliphatic rings. The second kappa shape index (κ2) is 6.41. The van der Waals surface area contributed by atoms with Crippen LogP contribution in [-0.4, -0.2) is 27.2 Å². The number of hydrogen-bond donors (Lipinski definition) is 1. The quantitative estimate of drug-likeness (QED) is 0.844. The largest absolute Gasteiger partial charge is 0.494 e. The van der Waals surface area contributed by atoms with Crippen molar-refractivity contribution in [3.63, 3.8) is 0 Å². The van der Waals surface area contributed by atoms with Crippen LogP contribution in [-0.2, 0) is 17.8 Å². The van der Waals surface area contributed by atoms with Gasteiger partial charge in [-0.1, -0.05) is 6.92 Å². The third kappa shape index (κ3) is 3.10. The molecule has 20 heavy (non-hydrogen) atoms. The highest BCUT2D eigenvalue weighted by Gasteiger charge is 2.11. The number of hydrogen-bond acceptors (Lipinski definition) is 3. The minimum absolute atomic E-state index is 0.0997. The molecular formula is C15H20N2O3. The second-order valence-electron chi connectivity index (χ2n) is 4.67. The maximum Gasteiger partial charge on any atom is 0.303 e. The summed E-state index contributed by atoms with van der Waals surface area (Å²) >= 11 is 0. The van der Waals surface area contributed by atoms with E-state index in [2.05, 4.69) is 16.5 Å². The number of imidazole rings is 1. The summed E-state index contributed by atoms with van der Waals surface area (Å²) in [5.41, 5.74) is 1.89. The minimum Gasteiger partial charge on any atom is -0.494 e. The van der Waals surface area contributed by atoms with E-state index in [-0.39, 0.29) is 6.42 Å². The highest BCUT2D eigenvalue weighted by Crippen LogP contribution is 2.22. The van der Waals surface area contributed by atoms with Crippen LogP contribution in [0.5, 0.6) is 5.75 Å². The van der Waals surface area contributed by atoms with E-state index >= 15 is 0 Å². The van der Waals surface area contributed by atoms with E-state index in [4.69, 9.17) is 9.84 Å². The Morgan fingerprint density at radius 2 is 2.20 bits per heavy atom. The van der Waals surface area contributed by atoms with Crippen molar-refractivity contribution in [3.8, 4) is 5.75 Å². The summed E-state index contributed by atoms with van der Waals surface area (Å²) in [6, 6.07) is 5.84. The molecule has 0 amide bonds. The molecule has 1 N–H and O–H groups in total. The zero-order valence-electron chi connectivity index (χ0n) is 11.9. The normalized spacial score (nSPS) is 10.9. The van der Waals surface area contributed by atoms with Crippen molar-refractivity contribution >= 4 is 17.0 Å². The zero-order chi connectivity index (χ0) is 14.5. The Labute approximate surface area is 118 Å². The van der Waals surface area contributed by atoms with Crippen LogP contribution in [0.2, 0.25) is 0 Å². The molecule has 1 aromatic carbocycles. The molecule has 0 saturated carbocycles. The SMILES string of the molecule is CCCOc1ccc2c(c1)nc(CCC(=O)O)n2CC. The Morgan fingerprint density at radius 3 is 2.85 bits per heavy atom. The van der Waals surface area contributed by atoms with E-state index in [0.29, 0.717) is 13.0 Å². The van der Waals surface area contributed by atoms with Crippen molar-refractivity contribution in [1.82, 2.24) is 9.55 Å². The van der Waals surface area contributed by atoms with E-state index in [1.807, 2.05) is 25.1 Å².